The van der Waals surface area contributed by atoms with Gasteiger partial charge in [-0.15, -0.1) is 0 Å². The van der Waals surface area contributed by atoms with Crippen LogP contribution >= 0.6 is 0 Å². The summed E-state index contributed by atoms with van der Waals surface area (Å²) in [5, 5.41) is 0. The lowest BCUT2D eigenvalue weighted by molar-refractivity contribution is -0.119. The molecule has 0 saturated carbocycles. The molecule has 0 saturated heterocycles. The third-order valence-corrected chi connectivity index (χ3v) is 4.99. The Balaban J connectivity index is 4.58. The van der Waals surface area contributed by atoms with Crippen molar-refractivity contribution in [1.82, 2.24) is 0 Å². The molecular weight excluding hydrogens is 336 g/mol. The van der Waals surface area contributed by atoms with Gasteiger partial charge >= 0.3 is 0 Å². The lowest BCUT2D eigenvalue weighted by Crippen LogP contribution is -2.31. The molecule has 0 bridgehead atoms. The van der Waals surface area contributed by atoms with Crippen molar-refractivity contribution in [2.24, 2.45) is 0 Å². The number of hydrogen-bond donors (Lipinski definition) is 0. The second-order valence-corrected chi connectivity index (χ2v) is 6.78. The molecule has 0 spiro atoms. The zero-order chi connectivity index (χ0) is 19.8. The Bertz CT molecular complexity index is 325. The highest BCUT2D eigenvalue weighted by Crippen LogP contribution is 2.21. The van der Waals surface area contributed by atoms with Crippen LogP contribution in [0.3, 0.4) is 0 Å². The van der Waals surface area contributed by atoms with E-state index in [-0.39, 0.29) is 24.4 Å². The van der Waals surface area contributed by atoms with Crippen LogP contribution in [0.1, 0.15) is 58.3 Å². The average Bonchev–Trinajstić information content (AvgIpc) is 2.68. The van der Waals surface area contributed by atoms with Gasteiger partial charge in [0, 0.05) is 42.0 Å². The van der Waals surface area contributed by atoms with Gasteiger partial charge in [-0.3, -0.25) is 0 Å². The highest BCUT2D eigenvalue weighted by atomic mass is 16.5. The Kier molecular flexibility index (Phi) is 16.3. The van der Waals surface area contributed by atoms with E-state index >= 15 is 0 Å². The van der Waals surface area contributed by atoms with E-state index in [1.165, 1.54) is 26.4 Å². The molecule has 0 rings (SSSR count). The van der Waals surface area contributed by atoms with Gasteiger partial charge in [-0.05, 0) is 25.7 Å². The molecule has 0 fully saturated rings. The summed E-state index contributed by atoms with van der Waals surface area (Å²) in [7, 11) is 8.38. The van der Waals surface area contributed by atoms with E-state index in [0.29, 0.717) is 12.8 Å². The van der Waals surface area contributed by atoms with Gasteiger partial charge in [-0.1, -0.05) is 26.2 Å². The molecule has 156 valence electrons. The molecule has 0 aliphatic rings. The Morgan fingerprint density at radius 3 is 1.50 bits per heavy atom. The predicted octanol–water partition coefficient (Wildman–Crippen LogP) is 3.40. The van der Waals surface area contributed by atoms with Crippen LogP contribution in [-0.2, 0) is 28.5 Å². The van der Waals surface area contributed by atoms with Gasteiger partial charge in [-0.25, -0.2) is 0 Å². The molecule has 0 aliphatic heterocycles. The Morgan fingerprint density at radius 2 is 1.12 bits per heavy atom. The first-order valence-corrected chi connectivity index (χ1v) is 9.67. The smallest absolute Gasteiger partial charge is 0.148 e. The number of carbonyl (C=O) groups is 1. The molecular formula is C20H40O6. The maximum absolute atomic E-state index is 11.0. The van der Waals surface area contributed by atoms with Crippen molar-refractivity contribution in [1.29, 1.82) is 0 Å². The Hall–Kier alpha value is -0.530. The monoisotopic (exact) mass is 376 g/mol. The van der Waals surface area contributed by atoms with E-state index in [0.717, 1.165) is 25.5 Å². The summed E-state index contributed by atoms with van der Waals surface area (Å²) in [6.07, 6.45) is 8.00. The third kappa shape index (κ3) is 11.2. The molecule has 0 radical (unpaired) electrons. The zero-order valence-corrected chi connectivity index (χ0v) is 17.6. The Morgan fingerprint density at radius 1 is 0.654 bits per heavy atom. The summed E-state index contributed by atoms with van der Waals surface area (Å²) >= 11 is 0. The van der Waals surface area contributed by atoms with Crippen LogP contribution in [0.15, 0.2) is 0 Å². The molecule has 0 heterocycles. The molecule has 5 atom stereocenters. The number of aldehydes is 1. The molecule has 26 heavy (non-hydrogen) atoms. The summed E-state index contributed by atoms with van der Waals surface area (Å²) < 4.78 is 27.6. The molecule has 0 aromatic rings. The van der Waals surface area contributed by atoms with Crippen molar-refractivity contribution in [2.45, 2.75) is 88.8 Å². The average molecular weight is 377 g/mol. The molecule has 6 nitrogen and oxygen atoms in total. The van der Waals surface area contributed by atoms with Gasteiger partial charge in [0.15, 0.2) is 0 Å². The summed E-state index contributed by atoms with van der Waals surface area (Å²) in [5.74, 6) is 0. The van der Waals surface area contributed by atoms with Crippen LogP contribution < -0.4 is 0 Å². The van der Waals surface area contributed by atoms with E-state index < -0.39 is 6.10 Å². The summed E-state index contributed by atoms with van der Waals surface area (Å²) in [6, 6.07) is 0. The number of rotatable bonds is 18. The fourth-order valence-electron chi connectivity index (χ4n) is 3.17. The van der Waals surface area contributed by atoms with Gasteiger partial charge < -0.3 is 28.5 Å². The fourth-order valence-corrected chi connectivity index (χ4v) is 3.17. The van der Waals surface area contributed by atoms with Crippen LogP contribution in [0.25, 0.3) is 0 Å². The van der Waals surface area contributed by atoms with E-state index in [9.17, 15) is 4.79 Å². The van der Waals surface area contributed by atoms with Crippen LogP contribution in [0.2, 0.25) is 0 Å². The molecule has 0 amide bonds. The van der Waals surface area contributed by atoms with Crippen LogP contribution in [0, 0.1) is 0 Å². The van der Waals surface area contributed by atoms with Crippen molar-refractivity contribution < 1.29 is 28.5 Å². The second-order valence-electron chi connectivity index (χ2n) is 6.78. The number of methoxy groups -OCH3 is 5. The van der Waals surface area contributed by atoms with Crippen molar-refractivity contribution in [2.75, 3.05) is 35.5 Å². The quantitative estimate of drug-likeness (QED) is 0.270. The first-order valence-electron chi connectivity index (χ1n) is 9.67. The number of carbonyl (C=O) groups excluding carboxylic acids is 1. The number of hydrogen-bond acceptors (Lipinski definition) is 6. The molecule has 0 aromatic carbocycles. The lowest BCUT2D eigenvalue weighted by atomic mass is 9.97. The summed E-state index contributed by atoms with van der Waals surface area (Å²) in [5.41, 5.74) is 0. The van der Waals surface area contributed by atoms with Crippen molar-refractivity contribution >= 4 is 6.29 Å². The van der Waals surface area contributed by atoms with Gasteiger partial charge in [-0.2, -0.15) is 0 Å². The van der Waals surface area contributed by atoms with E-state index in [4.69, 9.17) is 23.7 Å². The van der Waals surface area contributed by atoms with Crippen LogP contribution in [0.5, 0.6) is 0 Å². The number of ether oxygens (including phenoxy) is 5. The van der Waals surface area contributed by atoms with E-state index in [1.54, 1.807) is 28.4 Å². The van der Waals surface area contributed by atoms with Crippen LogP contribution in [-0.4, -0.2) is 72.4 Å². The van der Waals surface area contributed by atoms with Crippen molar-refractivity contribution in [3.8, 4) is 0 Å². The number of unbranched alkanes of at least 4 members (excludes halogenated alkanes) is 2. The van der Waals surface area contributed by atoms with Crippen molar-refractivity contribution in [3.05, 3.63) is 0 Å². The topological polar surface area (TPSA) is 63.2 Å². The fraction of sp³-hybridized carbons (Fsp3) is 0.950. The minimum atomic E-state index is -0.452. The standard InChI is InChI=1S/C20H40O6/c1-7-8-9-10-16(22-2)11-17(23-3)12-18(24-4)13-19(25-5)14-20(15-21)26-6/h15-20H,7-14H2,1-6H3/t16-,17-,18-,19-,20-/m1/s1. The SMILES string of the molecule is CCCCC[C@H](C[C@H](C[C@H](C[C@H](C[C@H](C=O)OC)OC)OC)OC)OC. The summed E-state index contributed by atoms with van der Waals surface area (Å²) in [4.78, 5) is 11.0. The molecule has 0 aromatic heterocycles. The van der Waals surface area contributed by atoms with Gasteiger partial charge in [0.1, 0.15) is 12.4 Å². The predicted molar refractivity (Wildman–Crippen MR) is 103 cm³/mol. The first-order chi connectivity index (χ1) is 12.6. The molecule has 6 heteroatoms. The Labute approximate surface area is 159 Å². The maximum atomic E-state index is 11.0. The van der Waals surface area contributed by atoms with Crippen molar-refractivity contribution in [3.63, 3.8) is 0 Å². The zero-order valence-electron chi connectivity index (χ0n) is 17.6. The van der Waals surface area contributed by atoms with Gasteiger partial charge in [0.05, 0.1) is 24.4 Å². The second kappa shape index (κ2) is 16.6. The maximum Gasteiger partial charge on any atom is 0.148 e. The largest absolute Gasteiger partial charge is 0.381 e. The highest BCUT2D eigenvalue weighted by molar-refractivity contribution is 5.55. The molecule has 0 aliphatic carbocycles. The van der Waals surface area contributed by atoms with E-state index in [2.05, 4.69) is 6.92 Å². The third-order valence-electron chi connectivity index (χ3n) is 4.99. The van der Waals surface area contributed by atoms with Gasteiger partial charge in [0.2, 0.25) is 0 Å². The molecule has 0 unspecified atom stereocenters. The minimum Gasteiger partial charge on any atom is -0.381 e. The van der Waals surface area contributed by atoms with Gasteiger partial charge in [0.25, 0.3) is 0 Å². The summed E-state index contributed by atoms with van der Waals surface area (Å²) in [6.45, 7) is 2.20. The molecule has 0 N–H and O–H groups in total. The lowest BCUT2D eigenvalue weighted by Gasteiger charge is -2.28. The van der Waals surface area contributed by atoms with Crippen LogP contribution in [0.4, 0.5) is 0 Å². The minimum absolute atomic E-state index is 0.0118. The van der Waals surface area contributed by atoms with E-state index in [1.807, 2.05) is 0 Å². The highest BCUT2D eigenvalue weighted by Gasteiger charge is 2.24. The normalized spacial score (nSPS) is 17.5. The first kappa shape index (κ1) is 25.5.